The van der Waals surface area contributed by atoms with Gasteiger partial charge in [-0.25, -0.2) is 0 Å². The van der Waals surface area contributed by atoms with Gasteiger partial charge in [0.25, 0.3) is 0 Å². The third kappa shape index (κ3) is 4.53. The Morgan fingerprint density at radius 2 is 2.24 bits per heavy atom. The summed E-state index contributed by atoms with van der Waals surface area (Å²) in [6.07, 6.45) is 5.49. The summed E-state index contributed by atoms with van der Waals surface area (Å²) in [5.74, 6) is 0.105. The van der Waals surface area contributed by atoms with Crippen molar-refractivity contribution in [2.45, 2.75) is 25.4 Å². The van der Waals surface area contributed by atoms with Gasteiger partial charge in [0.05, 0.1) is 0 Å². The lowest BCUT2D eigenvalue weighted by molar-refractivity contribution is -0.133. The summed E-state index contributed by atoms with van der Waals surface area (Å²) in [4.78, 5) is 13.6. The standard InChI is InChI=1S/C10H16N4O.2ClH/c11-9-3-1-5-13(7-9)10(15)8-14-6-2-4-12-14;;/h2,4,6,9H,1,3,5,7-8,11H2;2*1H. The van der Waals surface area contributed by atoms with Crippen molar-refractivity contribution < 1.29 is 4.79 Å². The molecule has 2 N–H and O–H groups in total. The second kappa shape index (κ2) is 7.53. The first-order valence-corrected chi connectivity index (χ1v) is 5.26. The molecule has 0 bridgehead atoms. The van der Waals surface area contributed by atoms with Gasteiger partial charge < -0.3 is 10.6 Å². The zero-order valence-corrected chi connectivity index (χ0v) is 11.1. The number of piperidine rings is 1. The molecule has 1 amide bonds. The van der Waals surface area contributed by atoms with Crippen LogP contribution in [0.5, 0.6) is 0 Å². The molecule has 0 aromatic carbocycles. The summed E-state index contributed by atoms with van der Waals surface area (Å²) in [7, 11) is 0. The van der Waals surface area contributed by atoms with E-state index in [0.29, 0.717) is 13.1 Å². The van der Waals surface area contributed by atoms with E-state index in [1.54, 1.807) is 17.1 Å². The molecule has 2 rings (SSSR count). The predicted octanol–water partition coefficient (Wildman–Crippen LogP) is 0.676. The van der Waals surface area contributed by atoms with Crippen molar-refractivity contribution in [3.05, 3.63) is 18.5 Å². The second-order valence-corrected chi connectivity index (χ2v) is 3.95. The summed E-state index contributed by atoms with van der Waals surface area (Å²) in [5.41, 5.74) is 5.82. The van der Waals surface area contributed by atoms with Crippen LogP contribution in [0.2, 0.25) is 0 Å². The van der Waals surface area contributed by atoms with Gasteiger partial charge in [0.15, 0.2) is 0 Å². The number of aromatic nitrogens is 2. The average Bonchev–Trinajstić information content (AvgIpc) is 2.70. The highest BCUT2D eigenvalue weighted by Gasteiger charge is 2.21. The second-order valence-electron chi connectivity index (χ2n) is 3.95. The number of halogens is 2. The topological polar surface area (TPSA) is 64.2 Å². The molecule has 0 aliphatic carbocycles. The molecule has 0 radical (unpaired) electrons. The maximum atomic E-state index is 11.8. The van der Waals surface area contributed by atoms with Crippen molar-refractivity contribution in [3.8, 4) is 0 Å². The predicted molar refractivity (Wildman–Crippen MR) is 70.5 cm³/mol. The molecule has 0 saturated carbocycles. The fourth-order valence-electron chi connectivity index (χ4n) is 1.87. The lowest BCUT2D eigenvalue weighted by atomic mass is 10.1. The zero-order valence-electron chi connectivity index (χ0n) is 9.49. The summed E-state index contributed by atoms with van der Waals surface area (Å²) >= 11 is 0. The number of likely N-dealkylation sites (tertiary alicyclic amines) is 1. The van der Waals surface area contributed by atoms with Crippen molar-refractivity contribution in [1.29, 1.82) is 0 Å². The summed E-state index contributed by atoms with van der Waals surface area (Å²) in [6, 6.07) is 1.95. The van der Waals surface area contributed by atoms with Gasteiger partial charge >= 0.3 is 0 Å². The van der Waals surface area contributed by atoms with Gasteiger partial charge in [0, 0.05) is 31.5 Å². The third-order valence-corrected chi connectivity index (χ3v) is 2.67. The number of nitrogens with two attached hydrogens (primary N) is 1. The Kier molecular flexibility index (Phi) is 7.18. The van der Waals surface area contributed by atoms with Crippen LogP contribution in [0.4, 0.5) is 0 Å². The molecular weight excluding hydrogens is 263 g/mol. The molecule has 1 fully saturated rings. The quantitative estimate of drug-likeness (QED) is 0.867. The SMILES string of the molecule is Cl.Cl.NC1CCCN(C(=O)Cn2cccn2)C1. The van der Waals surface area contributed by atoms with E-state index in [0.717, 1.165) is 19.4 Å². The normalized spacial score (nSPS) is 19.1. The summed E-state index contributed by atoms with van der Waals surface area (Å²) in [5, 5.41) is 4.01. The van der Waals surface area contributed by atoms with E-state index < -0.39 is 0 Å². The highest BCUT2D eigenvalue weighted by atomic mass is 35.5. The molecule has 1 unspecified atom stereocenters. The molecule has 17 heavy (non-hydrogen) atoms. The lowest BCUT2D eigenvalue weighted by Gasteiger charge is -2.30. The fourth-order valence-corrected chi connectivity index (χ4v) is 1.87. The Labute approximate surface area is 113 Å². The van der Waals surface area contributed by atoms with E-state index in [2.05, 4.69) is 5.10 Å². The summed E-state index contributed by atoms with van der Waals surface area (Å²) in [6.45, 7) is 1.83. The molecule has 1 aliphatic heterocycles. The largest absolute Gasteiger partial charge is 0.340 e. The first-order valence-electron chi connectivity index (χ1n) is 5.26. The van der Waals surface area contributed by atoms with Crippen LogP contribution >= 0.6 is 24.8 Å². The van der Waals surface area contributed by atoms with Crippen molar-refractivity contribution in [1.82, 2.24) is 14.7 Å². The molecule has 0 spiro atoms. The molecule has 98 valence electrons. The number of carbonyl (C=O) groups is 1. The lowest BCUT2D eigenvalue weighted by Crippen LogP contribution is -2.46. The number of nitrogens with zero attached hydrogens (tertiary/aromatic N) is 3. The monoisotopic (exact) mass is 280 g/mol. The molecule has 7 heteroatoms. The number of hydrogen-bond acceptors (Lipinski definition) is 3. The fraction of sp³-hybridized carbons (Fsp3) is 0.600. The van der Waals surface area contributed by atoms with Gasteiger partial charge in [0.1, 0.15) is 6.54 Å². The summed E-state index contributed by atoms with van der Waals surface area (Å²) < 4.78 is 1.64. The molecule has 5 nitrogen and oxygen atoms in total. The molecular formula is C10H18Cl2N4O. The van der Waals surface area contributed by atoms with Crippen LogP contribution in [0.15, 0.2) is 18.5 Å². The van der Waals surface area contributed by atoms with Crippen molar-refractivity contribution in [2.75, 3.05) is 13.1 Å². The van der Waals surface area contributed by atoms with Crippen LogP contribution in [-0.4, -0.2) is 39.7 Å². The Bertz CT molecular complexity index is 331. The van der Waals surface area contributed by atoms with E-state index in [9.17, 15) is 4.79 Å². The van der Waals surface area contributed by atoms with Crippen molar-refractivity contribution in [2.24, 2.45) is 5.73 Å². The van der Waals surface area contributed by atoms with Crippen LogP contribution < -0.4 is 5.73 Å². The number of amides is 1. The van der Waals surface area contributed by atoms with E-state index in [4.69, 9.17) is 5.73 Å². The van der Waals surface area contributed by atoms with Crippen LogP contribution in [0.25, 0.3) is 0 Å². The Balaban J connectivity index is 0.00000128. The smallest absolute Gasteiger partial charge is 0.244 e. The molecule has 1 aromatic rings. The van der Waals surface area contributed by atoms with E-state index in [1.165, 1.54) is 0 Å². The van der Waals surface area contributed by atoms with E-state index >= 15 is 0 Å². The van der Waals surface area contributed by atoms with Gasteiger partial charge in [-0.15, -0.1) is 24.8 Å². The molecule has 2 heterocycles. The zero-order chi connectivity index (χ0) is 10.7. The molecule has 1 atom stereocenters. The number of carbonyl (C=O) groups excluding carboxylic acids is 1. The van der Waals surface area contributed by atoms with Gasteiger partial charge in [-0.1, -0.05) is 0 Å². The Morgan fingerprint density at radius 3 is 2.82 bits per heavy atom. The van der Waals surface area contributed by atoms with Gasteiger partial charge in [-0.3, -0.25) is 9.48 Å². The third-order valence-electron chi connectivity index (χ3n) is 2.67. The molecule has 1 aromatic heterocycles. The van der Waals surface area contributed by atoms with E-state index in [1.807, 2.05) is 11.0 Å². The van der Waals surface area contributed by atoms with Crippen LogP contribution in [0, 0.1) is 0 Å². The Hall–Kier alpha value is -0.780. The molecule has 1 aliphatic rings. The van der Waals surface area contributed by atoms with E-state index in [-0.39, 0.29) is 36.8 Å². The van der Waals surface area contributed by atoms with Gasteiger partial charge in [0.2, 0.25) is 5.91 Å². The highest BCUT2D eigenvalue weighted by Crippen LogP contribution is 2.08. The average molecular weight is 281 g/mol. The Morgan fingerprint density at radius 1 is 1.47 bits per heavy atom. The minimum Gasteiger partial charge on any atom is -0.340 e. The first-order chi connectivity index (χ1) is 7.25. The number of hydrogen-bond donors (Lipinski definition) is 1. The number of rotatable bonds is 2. The van der Waals surface area contributed by atoms with Gasteiger partial charge in [-0.05, 0) is 18.9 Å². The van der Waals surface area contributed by atoms with Gasteiger partial charge in [-0.2, -0.15) is 5.10 Å². The first kappa shape index (κ1) is 16.2. The minimum atomic E-state index is 0. The van der Waals surface area contributed by atoms with Crippen LogP contribution in [0.3, 0.4) is 0 Å². The molecule has 1 saturated heterocycles. The van der Waals surface area contributed by atoms with Crippen LogP contribution in [-0.2, 0) is 11.3 Å². The van der Waals surface area contributed by atoms with Crippen molar-refractivity contribution in [3.63, 3.8) is 0 Å². The minimum absolute atomic E-state index is 0. The maximum Gasteiger partial charge on any atom is 0.244 e. The maximum absolute atomic E-state index is 11.8. The van der Waals surface area contributed by atoms with Crippen molar-refractivity contribution >= 4 is 30.7 Å². The van der Waals surface area contributed by atoms with Crippen LogP contribution in [0.1, 0.15) is 12.8 Å². The highest BCUT2D eigenvalue weighted by molar-refractivity contribution is 5.85.